The van der Waals surface area contributed by atoms with Crippen LogP contribution in [0.5, 0.6) is 0 Å². The summed E-state index contributed by atoms with van der Waals surface area (Å²) in [5.41, 5.74) is 2.32. The van der Waals surface area contributed by atoms with Gasteiger partial charge in [-0.3, -0.25) is 0 Å². The summed E-state index contributed by atoms with van der Waals surface area (Å²) in [4.78, 5) is 0.218. The van der Waals surface area contributed by atoms with Crippen molar-refractivity contribution in [2.45, 2.75) is 94.0 Å². The van der Waals surface area contributed by atoms with E-state index in [1.807, 2.05) is 36.4 Å². The molecule has 3 aromatic rings. The Morgan fingerprint density at radius 1 is 0.632 bits per heavy atom. The van der Waals surface area contributed by atoms with Crippen LogP contribution in [0.4, 0.5) is 0 Å². The molecule has 3 aromatic carbocycles. The van der Waals surface area contributed by atoms with Crippen LogP contribution in [0.3, 0.4) is 0 Å². The number of unbranched alkanes of at least 4 members (excludes halogenated alkanes) is 3. The summed E-state index contributed by atoms with van der Waals surface area (Å²) in [5, 5.41) is 0. The van der Waals surface area contributed by atoms with E-state index < -0.39 is 34.6 Å². The van der Waals surface area contributed by atoms with Gasteiger partial charge in [-0.05, 0) is 0 Å². The van der Waals surface area contributed by atoms with Crippen LogP contribution < -0.4 is 0 Å². The number of benzene rings is 3. The van der Waals surface area contributed by atoms with E-state index in [4.69, 9.17) is 4.18 Å². The van der Waals surface area contributed by atoms with Crippen LogP contribution in [0.15, 0.2) is 95.9 Å². The van der Waals surface area contributed by atoms with Crippen LogP contribution in [-0.2, 0) is 14.3 Å². The molecule has 0 aromatic heterocycles. The van der Waals surface area contributed by atoms with Crippen LogP contribution in [0.2, 0.25) is 13.3 Å². The van der Waals surface area contributed by atoms with Gasteiger partial charge in [-0.15, -0.1) is 0 Å². The van der Waals surface area contributed by atoms with E-state index >= 15 is 0 Å². The van der Waals surface area contributed by atoms with E-state index in [0.29, 0.717) is 10.4 Å². The molecule has 0 spiro atoms. The molecule has 0 N–H and O–H groups in total. The summed E-state index contributed by atoms with van der Waals surface area (Å²) in [5.74, 6) is 0. The average Bonchev–Trinajstić information content (AvgIpc) is 2.96. The van der Waals surface area contributed by atoms with Crippen molar-refractivity contribution >= 4 is 28.5 Å². The van der Waals surface area contributed by atoms with E-state index in [1.54, 1.807) is 24.3 Å². The van der Waals surface area contributed by atoms with E-state index in [9.17, 15) is 8.42 Å². The van der Waals surface area contributed by atoms with Gasteiger partial charge in [0, 0.05) is 0 Å². The maximum atomic E-state index is 13.5. The third-order valence-corrected chi connectivity index (χ3v) is 26.7. The second-order valence-electron chi connectivity index (χ2n) is 10.6. The van der Waals surface area contributed by atoms with E-state index in [-0.39, 0.29) is 4.90 Å². The first-order valence-electron chi connectivity index (χ1n) is 14.5. The van der Waals surface area contributed by atoms with Crippen LogP contribution in [0.25, 0.3) is 0 Å². The normalized spacial score (nSPS) is 13.8. The second-order valence-corrected chi connectivity index (χ2v) is 26.3. The molecule has 206 valence electrons. The zero-order valence-corrected chi connectivity index (χ0v) is 27.2. The summed E-state index contributed by atoms with van der Waals surface area (Å²) >= 11 is -2.85. The molecular formula is C33H46O3SSn. The van der Waals surface area contributed by atoms with Crippen molar-refractivity contribution in [3.05, 3.63) is 102 Å². The molecule has 0 saturated carbocycles. The first-order chi connectivity index (χ1) is 18.5. The van der Waals surface area contributed by atoms with Gasteiger partial charge in [-0.2, -0.15) is 0 Å². The van der Waals surface area contributed by atoms with Gasteiger partial charge in [0.1, 0.15) is 0 Å². The van der Waals surface area contributed by atoms with Crippen molar-refractivity contribution in [3.8, 4) is 0 Å². The Balaban J connectivity index is 2.11. The van der Waals surface area contributed by atoms with Crippen LogP contribution in [0.1, 0.15) is 86.9 Å². The van der Waals surface area contributed by atoms with Gasteiger partial charge in [-0.1, -0.05) is 0 Å². The fourth-order valence-electron chi connectivity index (χ4n) is 5.82. The molecule has 2 atom stereocenters. The standard InChI is InChI=1S/C21H19O3S.3C4H9.Sn/c22-25(23,20-14-8-3-9-15-20)24-21(19-12-6-2-7-13-19)17-16-18-10-4-1-5-11-18;3*1-3-4-2;/h1-16,21H,17H2;3*1,3-4H2,2H3;/t21-;;;;/m1..../s1. The fourth-order valence-corrected chi connectivity index (χ4v) is 25.7. The van der Waals surface area contributed by atoms with Crippen LogP contribution >= 0.6 is 0 Å². The molecule has 0 saturated heterocycles. The third-order valence-electron chi connectivity index (χ3n) is 7.92. The van der Waals surface area contributed by atoms with Gasteiger partial charge in [0.25, 0.3) is 0 Å². The second kappa shape index (κ2) is 15.8. The molecule has 38 heavy (non-hydrogen) atoms. The van der Waals surface area contributed by atoms with Gasteiger partial charge >= 0.3 is 237 Å². The van der Waals surface area contributed by atoms with Gasteiger partial charge in [0.05, 0.1) is 0 Å². The van der Waals surface area contributed by atoms with Gasteiger partial charge in [0.2, 0.25) is 0 Å². The molecule has 3 nitrogen and oxygen atoms in total. The van der Waals surface area contributed by atoms with Crippen LogP contribution in [-0.4, -0.2) is 26.8 Å². The quantitative estimate of drug-likeness (QED) is 0.109. The first-order valence-corrected chi connectivity index (χ1v) is 23.6. The molecule has 0 aliphatic carbocycles. The predicted octanol–water partition coefficient (Wildman–Crippen LogP) is 9.70. The fraction of sp³-hybridized carbons (Fsp3) is 0.455. The summed E-state index contributed by atoms with van der Waals surface area (Å²) < 4.78 is 37.6. The third kappa shape index (κ3) is 8.69. The molecule has 0 aliphatic rings. The summed E-state index contributed by atoms with van der Waals surface area (Å²) in [7, 11) is -3.91. The summed E-state index contributed by atoms with van der Waals surface area (Å²) in [6.07, 6.45) is 7.63. The molecule has 0 heterocycles. The molecule has 3 rings (SSSR count). The average molecular weight is 642 g/mol. The van der Waals surface area contributed by atoms with Crippen molar-refractivity contribution in [2.75, 3.05) is 0 Å². The first kappa shape index (κ1) is 30.9. The molecule has 0 amide bonds. The Labute approximate surface area is 236 Å². The van der Waals surface area contributed by atoms with Gasteiger partial charge in [-0.25, -0.2) is 0 Å². The Kier molecular flexibility index (Phi) is 12.9. The zero-order valence-electron chi connectivity index (χ0n) is 23.5. The molecule has 0 fully saturated rings. The minimum atomic E-state index is -3.91. The SMILES string of the molecule is CCC[CH2][Sn]([CH2]CCC)([CH2]CCC)[C@@H](C[C@@H](OS(=O)(=O)c1ccccc1)c1ccccc1)c1ccccc1. The predicted molar refractivity (Wildman–Crippen MR) is 163 cm³/mol. The number of rotatable bonds is 17. The molecule has 0 radical (unpaired) electrons. The number of hydrogen-bond donors (Lipinski definition) is 0. The van der Waals surface area contributed by atoms with Crippen molar-refractivity contribution in [2.24, 2.45) is 0 Å². The Morgan fingerprint density at radius 3 is 1.50 bits per heavy atom. The van der Waals surface area contributed by atoms with Gasteiger partial charge < -0.3 is 0 Å². The van der Waals surface area contributed by atoms with Crippen LogP contribution in [0, 0.1) is 0 Å². The van der Waals surface area contributed by atoms with E-state index in [0.717, 1.165) is 5.56 Å². The van der Waals surface area contributed by atoms with Crippen molar-refractivity contribution in [1.29, 1.82) is 0 Å². The molecule has 5 heteroatoms. The monoisotopic (exact) mass is 642 g/mol. The van der Waals surface area contributed by atoms with Gasteiger partial charge in [0.15, 0.2) is 0 Å². The number of hydrogen-bond acceptors (Lipinski definition) is 3. The van der Waals surface area contributed by atoms with Crippen molar-refractivity contribution in [3.63, 3.8) is 0 Å². The molecule has 0 aliphatic heterocycles. The Bertz CT molecular complexity index is 1130. The minimum absolute atomic E-state index is 0.218. The topological polar surface area (TPSA) is 43.4 Å². The summed E-state index contributed by atoms with van der Waals surface area (Å²) in [6, 6.07) is 29.5. The zero-order chi connectivity index (χ0) is 27.3. The Hall–Kier alpha value is -1.63. The van der Waals surface area contributed by atoms with Crippen molar-refractivity contribution in [1.82, 2.24) is 0 Å². The van der Waals surface area contributed by atoms with E-state index in [2.05, 4.69) is 51.1 Å². The molecule has 0 bridgehead atoms. The summed E-state index contributed by atoms with van der Waals surface area (Å²) in [6.45, 7) is 6.91. The van der Waals surface area contributed by atoms with E-state index in [1.165, 1.54) is 57.4 Å². The maximum absolute atomic E-state index is 13.5. The Morgan fingerprint density at radius 2 is 1.05 bits per heavy atom. The molecular weight excluding hydrogens is 595 g/mol. The molecule has 0 unspecified atom stereocenters. The van der Waals surface area contributed by atoms with Crippen molar-refractivity contribution < 1.29 is 12.6 Å².